The SMILES string of the molecule is COc1ccc2c(c1)CCc1nc(NC(=O)c3ccccc3)c(CC3CCCC3)nc1-2. The number of carbonyl (C=O) groups excluding carboxylic acids is 1. The maximum absolute atomic E-state index is 12.8. The molecule has 0 atom stereocenters. The molecule has 2 aliphatic carbocycles. The van der Waals surface area contributed by atoms with Crippen LogP contribution in [0.25, 0.3) is 11.3 Å². The Balaban J connectivity index is 1.53. The van der Waals surface area contributed by atoms with Crippen LogP contribution in [0.4, 0.5) is 5.82 Å². The van der Waals surface area contributed by atoms with E-state index < -0.39 is 0 Å². The Morgan fingerprint density at radius 1 is 1.06 bits per heavy atom. The molecule has 1 heterocycles. The fourth-order valence-corrected chi connectivity index (χ4v) is 4.78. The number of nitrogens with one attached hydrogen (secondary N) is 1. The van der Waals surface area contributed by atoms with Gasteiger partial charge in [0.05, 0.1) is 24.2 Å². The molecule has 0 saturated heterocycles. The minimum Gasteiger partial charge on any atom is -0.497 e. The lowest BCUT2D eigenvalue weighted by Gasteiger charge is -2.22. The number of aromatic nitrogens is 2. The molecule has 1 amide bonds. The number of ether oxygens (including phenoxy) is 1. The molecule has 2 aromatic carbocycles. The summed E-state index contributed by atoms with van der Waals surface area (Å²) in [5.74, 6) is 1.96. The number of hydrogen-bond acceptors (Lipinski definition) is 4. The largest absolute Gasteiger partial charge is 0.497 e. The molecule has 0 spiro atoms. The van der Waals surface area contributed by atoms with Crippen molar-refractivity contribution >= 4 is 11.7 Å². The van der Waals surface area contributed by atoms with Crippen molar-refractivity contribution in [3.8, 4) is 17.0 Å². The summed E-state index contributed by atoms with van der Waals surface area (Å²) >= 11 is 0. The van der Waals surface area contributed by atoms with Crippen LogP contribution in [0, 0.1) is 5.92 Å². The van der Waals surface area contributed by atoms with E-state index >= 15 is 0 Å². The Morgan fingerprint density at radius 2 is 1.87 bits per heavy atom. The lowest BCUT2D eigenvalue weighted by molar-refractivity contribution is 0.102. The summed E-state index contributed by atoms with van der Waals surface area (Å²) in [6, 6.07) is 15.5. The van der Waals surface area contributed by atoms with Crippen LogP contribution in [0.2, 0.25) is 0 Å². The smallest absolute Gasteiger partial charge is 0.256 e. The maximum Gasteiger partial charge on any atom is 0.256 e. The van der Waals surface area contributed by atoms with Gasteiger partial charge in [0.25, 0.3) is 5.91 Å². The third-order valence-corrected chi connectivity index (χ3v) is 6.46. The molecule has 3 aromatic rings. The van der Waals surface area contributed by atoms with E-state index in [2.05, 4.69) is 17.4 Å². The number of anilines is 1. The van der Waals surface area contributed by atoms with Crippen molar-refractivity contribution in [2.45, 2.75) is 44.9 Å². The zero-order valence-corrected chi connectivity index (χ0v) is 17.9. The number of benzene rings is 2. The summed E-state index contributed by atoms with van der Waals surface area (Å²) in [6.07, 6.45) is 7.55. The average molecular weight is 414 g/mol. The highest BCUT2D eigenvalue weighted by Gasteiger charge is 2.25. The number of aryl methyl sites for hydroxylation is 2. The summed E-state index contributed by atoms with van der Waals surface area (Å²) in [5.41, 5.74) is 5.81. The lowest BCUT2D eigenvalue weighted by atomic mass is 9.91. The number of amides is 1. The van der Waals surface area contributed by atoms with E-state index in [4.69, 9.17) is 14.7 Å². The average Bonchev–Trinajstić information content (AvgIpc) is 3.32. The minimum absolute atomic E-state index is 0.136. The third kappa shape index (κ3) is 4.05. The number of fused-ring (bicyclic) bond motifs is 3. The van der Waals surface area contributed by atoms with E-state index in [1.807, 2.05) is 36.4 Å². The normalized spacial score (nSPS) is 15.3. The fourth-order valence-electron chi connectivity index (χ4n) is 4.78. The molecule has 0 bridgehead atoms. The van der Waals surface area contributed by atoms with E-state index in [1.54, 1.807) is 7.11 Å². The first kappa shape index (κ1) is 19.7. The van der Waals surface area contributed by atoms with Gasteiger partial charge in [-0.3, -0.25) is 4.79 Å². The zero-order valence-electron chi connectivity index (χ0n) is 17.9. The van der Waals surface area contributed by atoms with E-state index in [0.717, 1.165) is 47.7 Å². The molecule has 1 fully saturated rings. The van der Waals surface area contributed by atoms with Gasteiger partial charge < -0.3 is 10.1 Å². The molecule has 0 radical (unpaired) electrons. The summed E-state index contributed by atoms with van der Waals surface area (Å²) in [6.45, 7) is 0. The predicted molar refractivity (Wildman–Crippen MR) is 121 cm³/mol. The monoisotopic (exact) mass is 413 g/mol. The highest BCUT2D eigenvalue weighted by atomic mass is 16.5. The summed E-state index contributed by atoms with van der Waals surface area (Å²) in [4.78, 5) is 22.9. The van der Waals surface area contributed by atoms with Crippen molar-refractivity contribution in [2.24, 2.45) is 5.92 Å². The van der Waals surface area contributed by atoms with Gasteiger partial charge in [-0.25, -0.2) is 9.97 Å². The van der Waals surface area contributed by atoms with Crippen LogP contribution in [-0.2, 0) is 19.3 Å². The first-order valence-corrected chi connectivity index (χ1v) is 11.1. The summed E-state index contributed by atoms with van der Waals surface area (Å²) < 4.78 is 5.40. The lowest BCUT2D eigenvalue weighted by Crippen LogP contribution is -2.19. The fraction of sp³-hybridized carbons (Fsp3) is 0.346. The Labute approximate surface area is 182 Å². The molecule has 0 unspecified atom stereocenters. The summed E-state index contributed by atoms with van der Waals surface area (Å²) in [5, 5.41) is 3.06. The molecule has 1 aromatic heterocycles. The van der Waals surface area contributed by atoms with Gasteiger partial charge in [0.15, 0.2) is 5.82 Å². The van der Waals surface area contributed by atoms with Crippen molar-refractivity contribution in [1.82, 2.24) is 9.97 Å². The molecule has 158 valence electrons. The van der Waals surface area contributed by atoms with Gasteiger partial charge in [0, 0.05) is 11.1 Å². The minimum atomic E-state index is -0.136. The van der Waals surface area contributed by atoms with Gasteiger partial charge in [0.1, 0.15) is 5.75 Å². The van der Waals surface area contributed by atoms with Crippen LogP contribution in [0.1, 0.15) is 53.0 Å². The second-order valence-corrected chi connectivity index (χ2v) is 8.51. The summed E-state index contributed by atoms with van der Waals surface area (Å²) in [7, 11) is 1.69. The second-order valence-electron chi connectivity index (χ2n) is 8.51. The highest BCUT2D eigenvalue weighted by molar-refractivity contribution is 6.04. The molecule has 31 heavy (non-hydrogen) atoms. The van der Waals surface area contributed by atoms with Gasteiger partial charge >= 0.3 is 0 Å². The van der Waals surface area contributed by atoms with Crippen LogP contribution in [-0.4, -0.2) is 23.0 Å². The van der Waals surface area contributed by atoms with Gasteiger partial charge in [-0.15, -0.1) is 0 Å². The molecule has 5 rings (SSSR count). The van der Waals surface area contributed by atoms with E-state index in [9.17, 15) is 4.79 Å². The van der Waals surface area contributed by atoms with Gasteiger partial charge in [-0.05, 0) is 61.1 Å². The van der Waals surface area contributed by atoms with E-state index in [1.165, 1.54) is 31.2 Å². The Bertz CT molecular complexity index is 1110. The quantitative estimate of drug-likeness (QED) is 0.622. The Hall–Kier alpha value is -3.21. The van der Waals surface area contributed by atoms with E-state index in [0.29, 0.717) is 17.3 Å². The molecule has 1 saturated carbocycles. The van der Waals surface area contributed by atoms with Gasteiger partial charge in [0.2, 0.25) is 0 Å². The van der Waals surface area contributed by atoms with Crippen molar-refractivity contribution in [3.63, 3.8) is 0 Å². The van der Waals surface area contributed by atoms with Crippen molar-refractivity contribution < 1.29 is 9.53 Å². The van der Waals surface area contributed by atoms with Crippen molar-refractivity contribution in [1.29, 1.82) is 0 Å². The molecule has 5 heteroatoms. The number of carbonyl (C=O) groups is 1. The number of hydrogen-bond donors (Lipinski definition) is 1. The number of nitrogens with zero attached hydrogens (tertiary/aromatic N) is 2. The Kier molecular flexibility index (Phi) is 5.41. The van der Waals surface area contributed by atoms with Crippen LogP contribution >= 0.6 is 0 Å². The topological polar surface area (TPSA) is 64.1 Å². The first-order valence-electron chi connectivity index (χ1n) is 11.1. The second kappa shape index (κ2) is 8.50. The van der Waals surface area contributed by atoms with Crippen molar-refractivity contribution in [3.05, 3.63) is 71.0 Å². The standard InChI is InChI=1S/C26H27N3O2/c1-31-20-12-13-21-19(16-20)11-14-22-24(21)27-23(15-17-7-5-6-8-17)25(28-22)29-26(30)18-9-3-2-4-10-18/h2-4,9-10,12-13,16-17H,5-8,11,14-15H2,1H3,(H,28,29,30). The van der Waals surface area contributed by atoms with Gasteiger partial charge in [-0.2, -0.15) is 0 Å². The third-order valence-electron chi connectivity index (χ3n) is 6.46. The number of rotatable bonds is 5. The Morgan fingerprint density at radius 3 is 2.65 bits per heavy atom. The molecule has 2 aliphatic rings. The predicted octanol–water partition coefficient (Wildman–Crippen LogP) is 5.24. The van der Waals surface area contributed by atoms with Crippen molar-refractivity contribution in [2.75, 3.05) is 12.4 Å². The first-order chi connectivity index (χ1) is 15.2. The molecular formula is C26H27N3O2. The van der Waals surface area contributed by atoms with Crippen LogP contribution < -0.4 is 10.1 Å². The molecular weight excluding hydrogens is 386 g/mol. The number of methoxy groups -OCH3 is 1. The highest BCUT2D eigenvalue weighted by Crippen LogP contribution is 2.36. The van der Waals surface area contributed by atoms with Gasteiger partial charge in [-0.1, -0.05) is 43.9 Å². The van der Waals surface area contributed by atoms with Crippen LogP contribution in [0.15, 0.2) is 48.5 Å². The maximum atomic E-state index is 12.8. The zero-order chi connectivity index (χ0) is 21.2. The molecule has 1 N–H and O–H groups in total. The van der Waals surface area contributed by atoms with Crippen LogP contribution in [0.5, 0.6) is 5.75 Å². The molecule has 5 nitrogen and oxygen atoms in total. The molecule has 0 aliphatic heterocycles. The van der Waals surface area contributed by atoms with E-state index in [-0.39, 0.29) is 5.91 Å². The van der Waals surface area contributed by atoms with Crippen LogP contribution in [0.3, 0.4) is 0 Å².